The van der Waals surface area contributed by atoms with Crippen molar-refractivity contribution in [2.45, 2.75) is 70.4 Å². The number of thioether (sulfide) groups is 1. The van der Waals surface area contributed by atoms with Gasteiger partial charge in [-0.25, -0.2) is 4.99 Å². The van der Waals surface area contributed by atoms with Crippen LogP contribution in [0.4, 0.5) is 0 Å². The summed E-state index contributed by atoms with van der Waals surface area (Å²) in [5.41, 5.74) is 2.46. The standard InChI is InChI=1S/C26H32N2O2S/c1-4-28-23(29)26(27-24(28)31-5-2)22-16-19(9-8-18-6-7-18)10-11-20(22)17-25(26)14-12-21(30-3)13-15-25/h10-11,16,18,21H,4-7,12-15,17H2,1-3H3. The number of benzene rings is 1. The van der Waals surface area contributed by atoms with Gasteiger partial charge in [-0.05, 0) is 80.9 Å². The molecular formula is C26H32N2O2S. The Morgan fingerprint density at radius 2 is 2.00 bits per heavy atom. The zero-order chi connectivity index (χ0) is 21.6. The van der Waals surface area contributed by atoms with Crippen molar-refractivity contribution in [3.8, 4) is 11.8 Å². The number of carbonyl (C=O) groups is 1. The number of hydrogen-bond donors (Lipinski definition) is 0. The molecular weight excluding hydrogens is 404 g/mol. The number of nitrogens with zero attached hydrogens (tertiary/aromatic N) is 2. The monoisotopic (exact) mass is 436 g/mol. The van der Waals surface area contributed by atoms with Gasteiger partial charge in [-0.2, -0.15) is 0 Å². The second-order valence-electron chi connectivity index (χ2n) is 9.39. The van der Waals surface area contributed by atoms with Crippen LogP contribution in [0, 0.1) is 23.2 Å². The van der Waals surface area contributed by atoms with Crippen molar-refractivity contribution in [1.82, 2.24) is 4.90 Å². The highest BCUT2D eigenvalue weighted by Gasteiger charge is 2.66. The second-order valence-corrected chi connectivity index (χ2v) is 10.6. The average Bonchev–Trinajstić information content (AvgIpc) is 3.52. The SMILES string of the molecule is CCSC1=NC2(C(=O)N1CC)c1cc(C#CC3CC3)ccc1CC21CCC(OC)CC1. The van der Waals surface area contributed by atoms with E-state index >= 15 is 0 Å². The van der Waals surface area contributed by atoms with E-state index in [4.69, 9.17) is 9.73 Å². The van der Waals surface area contributed by atoms with Crippen LogP contribution in [0.1, 0.15) is 69.1 Å². The number of carbonyl (C=O) groups excluding carboxylic acids is 1. The normalized spacial score (nSPS) is 31.7. The summed E-state index contributed by atoms with van der Waals surface area (Å²) in [6.45, 7) is 4.86. The van der Waals surface area contributed by atoms with Crippen molar-refractivity contribution in [2.24, 2.45) is 16.3 Å². The Morgan fingerprint density at radius 3 is 2.65 bits per heavy atom. The van der Waals surface area contributed by atoms with Crippen molar-refractivity contribution in [2.75, 3.05) is 19.4 Å². The van der Waals surface area contributed by atoms with Crippen LogP contribution in [0.3, 0.4) is 0 Å². The Kier molecular flexibility index (Phi) is 5.43. The van der Waals surface area contributed by atoms with E-state index in [1.807, 2.05) is 4.90 Å². The van der Waals surface area contributed by atoms with Crippen molar-refractivity contribution in [3.63, 3.8) is 0 Å². The summed E-state index contributed by atoms with van der Waals surface area (Å²) in [5, 5.41) is 0.894. The number of methoxy groups -OCH3 is 1. The van der Waals surface area contributed by atoms with E-state index in [1.54, 1.807) is 18.9 Å². The van der Waals surface area contributed by atoms with Crippen LogP contribution in [-0.2, 0) is 21.5 Å². The number of ether oxygens (including phenoxy) is 1. The Bertz CT molecular complexity index is 979. The molecule has 164 valence electrons. The molecule has 1 unspecified atom stereocenters. The summed E-state index contributed by atoms with van der Waals surface area (Å²) in [5.74, 6) is 8.41. The van der Waals surface area contributed by atoms with Gasteiger partial charge in [0.1, 0.15) is 0 Å². The maximum Gasteiger partial charge on any atom is 0.261 e. The van der Waals surface area contributed by atoms with Gasteiger partial charge >= 0.3 is 0 Å². The molecule has 3 aliphatic carbocycles. The summed E-state index contributed by atoms with van der Waals surface area (Å²) in [4.78, 5) is 21.4. The van der Waals surface area contributed by atoms with Crippen LogP contribution < -0.4 is 0 Å². The predicted octanol–water partition coefficient (Wildman–Crippen LogP) is 4.75. The highest BCUT2D eigenvalue weighted by atomic mass is 32.2. The lowest BCUT2D eigenvalue weighted by Gasteiger charge is -2.45. The zero-order valence-corrected chi connectivity index (χ0v) is 19.7. The molecule has 1 heterocycles. The van der Waals surface area contributed by atoms with Crippen LogP contribution in [0.25, 0.3) is 0 Å². The van der Waals surface area contributed by atoms with Gasteiger partial charge in [-0.15, -0.1) is 0 Å². The van der Waals surface area contributed by atoms with E-state index in [9.17, 15) is 4.79 Å². The molecule has 2 saturated carbocycles. The minimum Gasteiger partial charge on any atom is -0.381 e. The van der Waals surface area contributed by atoms with Crippen LogP contribution in [0.15, 0.2) is 23.2 Å². The molecule has 31 heavy (non-hydrogen) atoms. The van der Waals surface area contributed by atoms with Crippen LogP contribution in [0.5, 0.6) is 0 Å². The summed E-state index contributed by atoms with van der Waals surface area (Å²) >= 11 is 1.69. The van der Waals surface area contributed by atoms with Crippen LogP contribution in [-0.4, -0.2) is 41.5 Å². The van der Waals surface area contributed by atoms with Gasteiger partial charge in [-0.3, -0.25) is 9.69 Å². The number of amides is 1. The second kappa shape index (κ2) is 7.98. The smallest absolute Gasteiger partial charge is 0.261 e. The fourth-order valence-corrected chi connectivity index (χ4v) is 6.65. The maximum absolute atomic E-state index is 14.2. The number of likely N-dealkylation sites (N-methyl/N-ethyl adjacent to an activating group) is 1. The third kappa shape index (κ3) is 3.26. The van der Waals surface area contributed by atoms with E-state index in [2.05, 4.69) is 43.9 Å². The van der Waals surface area contributed by atoms with Crippen molar-refractivity contribution < 1.29 is 9.53 Å². The third-order valence-corrected chi connectivity index (χ3v) is 8.51. The largest absolute Gasteiger partial charge is 0.381 e. The quantitative estimate of drug-likeness (QED) is 0.643. The third-order valence-electron chi connectivity index (χ3n) is 7.66. The van der Waals surface area contributed by atoms with Crippen LogP contribution in [0.2, 0.25) is 0 Å². The molecule has 1 aliphatic heterocycles. The Morgan fingerprint density at radius 1 is 1.23 bits per heavy atom. The number of fused-ring (bicyclic) bond motifs is 3. The highest BCUT2D eigenvalue weighted by Crippen LogP contribution is 2.62. The summed E-state index contributed by atoms with van der Waals surface area (Å²) in [6.07, 6.45) is 7.58. The van der Waals surface area contributed by atoms with Gasteiger partial charge in [0.15, 0.2) is 10.7 Å². The fraction of sp³-hybridized carbons (Fsp3) is 0.615. The Hall–Kier alpha value is -1.77. The van der Waals surface area contributed by atoms with E-state index in [1.165, 1.54) is 18.4 Å². The van der Waals surface area contributed by atoms with Gasteiger partial charge in [0.2, 0.25) is 0 Å². The number of rotatable bonds is 3. The lowest BCUT2D eigenvalue weighted by Crippen LogP contribution is -2.51. The molecule has 0 N–H and O–H groups in total. The van der Waals surface area contributed by atoms with E-state index in [-0.39, 0.29) is 11.3 Å². The average molecular weight is 437 g/mol. The first kappa shape index (κ1) is 21.1. The molecule has 1 atom stereocenters. The molecule has 0 aromatic heterocycles. The van der Waals surface area contributed by atoms with Gasteiger partial charge < -0.3 is 4.74 Å². The molecule has 4 nitrogen and oxygen atoms in total. The lowest BCUT2D eigenvalue weighted by atomic mass is 9.61. The van der Waals surface area contributed by atoms with Crippen molar-refractivity contribution >= 4 is 22.8 Å². The lowest BCUT2D eigenvalue weighted by molar-refractivity contribution is -0.138. The first-order valence-corrected chi connectivity index (χ1v) is 12.8. The minimum absolute atomic E-state index is 0.159. The van der Waals surface area contributed by atoms with Gasteiger partial charge in [-0.1, -0.05) is 36.6 Å². The molecule has 5 heteroatoms. The molecule has 1 amide bonds. The Balaban J connectivity index is 1.64. The molecule has 1 aromatic carbocycles. The molecule has 4 aliphatic rings. The van der Waals surface area contributed by atoms with Crippen molar-refractivity contribution in [1.29, 1.82) is 0 Å². The number of hydrogen-bond acceptors (Lipinski definition) is 4. The van der Waals surface area contributed by atoms with Gasteiger partial charge in [0, 0.05) is 30.6 Å². The summed E-state index contributed by atoms with van der Waals surface area (Å²) in [7, 11) is 1.81. The fourth-order valence-electron chi connectivity index (χ4n) is 5.83. The molecule has 0 bridgehead atoms. The van der Waals surface area contributed by atoms with E-state index in [0.29, 0.717) is 18.6 Å². The summed E-state index contributed by atoms with van der Waals surface area (Å²) in [6, 6.07) is 6.55. The molecule has 1 aromatic rings. The van der Waals surface area contributed by atoms with Crippen molar-refractivity contribution in [3.05, 3.63) is 34.9 Å². The molecule has 2 spiro atoms. The highest BCUT2D eigenvalue weighted by molar-refractivity contribution is 8.13. The topological polar surface area (TPSA) is 41.9 Å². The molecule has 0 saturated heterocycles. The van der Waals surface area contributed by atoms with E-state index in [0.717, 1.165) is 54.2 Å². The predicted molar refractivity (Wildman–Crippen MR) is 126 cm³/mol. The van der Waals surface area contributed by atoms with Gasteiger partial charge in [0.05, 0.1) is 6.10 Å². The zero-order valence-electron chi connectivity index (χ0n) is 18.9. The number of aliphatic imine (C=N–C) groups is 1. The first-order valence-electron chi connectivity index (χ1n) is 11.8. The molecule has 2 fully saturated rings. The van der Waals surface area contributed by atoms with Gasteiger partial charge in [0.25, 0.3) is 5.91 Å². The molecule has 0 radical (unpaired) electrons. The Labute approximate surface area is 190 Å². The van der Waals surface area contributed by atoms with E-state index < -0.39 is 5.54 Å². The maximum atomic E-state index is 14.2. The minimum atomic E-state index is -0.800. The molecule has 5 rings (SSSR count). The number of amidine groups is 1. The summed E-state index contributed by atoms with van der Waals surface area (Å²) < 4.78 is 5.68. The van der Waals surface area contributed by atoms with Crippen LogP contribution >= 0.6 is 11.8 Å². The first-order chi connectivity index (χ1) is 15.1.